The maximum atomic E-state index is 10.8. The van der Waals surface area contributed by atoms with Crippen molar-refractivity contribution in [3.8, 4) is 0 Å². The Bertz CT molecular complexity index is 240. The van der Waals surface area contributed by atoms with Gasteiger partial charge in [-0.3, -0.25) is 0 Å². The van der Waals surface area contributed by atoms with E-state index in [0.717, 1.165) is 12.8 Å². The lowest BCUT2D eigenvalue weighted by Crippen LogP contribution is -2.45. The van der Waals surface area contributed by atoms with Crippen molar-refractivity contribution in [2.75, 3.05) is 6.26 Å². The van der Waals surface area contributed by atoms with Crippen molar-refractivity contribution in [3.05, 3.63) is 0 Å². The van der Waals surface area contributed by atoms with E-state index in [2.05, 4.69) is 18.6 Å². The van der Waals surface area contributed by atoms with Crippen LogP contribution in [0.3, 0.4) is 0 Å². The SMILES string of the molecule is CC(C)[C@H]1C[C@H](NS(C)(=O)=O)C1. The molecule has 0 aromatic carbocycles. The lowest BCUT2D eigenvalue weighted by atomic mass is 9.74. The van der Waals surface area contributed by atoms with Gasteiger partial charge in [0.25, 0.3) is 0 Å². The quantitative estimate of drug-likeness (QED) is 0.722. The minimum atomic E-state index is -2.98. The molecule has 0 heterocycles. The van der Waals surface area contributed by atoms with Crippen LogP contribution in [0.25, 0.3) is 0 Å². The molecule has 1 saturated carbocycles. The molecular formula is C8H17NO2S. The van der Waals surface area contributed by atoms with Crippen molar-refractivity contribution in [2.45, 2.75) is 32.7 Å². The molecule has 0 radical (unpaired) electrons. The van der Waals surface area contributed by atoms with Crippen molar-refractivity contribution in [3.63, 3.8) is 0 Å². The van der Waals surface area contributed by atoms with Crippen LogP contribution in [0, 0.1) is 11.8 Å². The highest BCUT2D eigenvalue weighted by molar-refractivity contribution is 7.88. The molecule has 72 valence electrons. The molecule has 1 fully saturated rings. The first kappa shape index (κ1) is 9.99. The summed E-state index contributed by atoms with van der Waals surface area (Å²) in [6, 6.07) is 0.201. The van der Waals surface area contributed by atoms with E-state index in [1.165, 1.54) is 6.26 Å². The zero-order valence-corrected chi connectivity index (χ0v) is 8.69. The third-order valence-electron chi connectivity index (χ3n) is 2.50. The maximum Gasteiger partial charge on any atom is 0.208 e. The highest BCUT2D eigenvalue weighted by Crippen LogP contribution is 2.33. The van der Waals surface area contributed by atoms with Gasteiger partial charge in [-0.05, 0) is 24.7 Å². The third kappa shape index (κ3) is 2.75. The number of nitrogens with one attached hydrogen (secondary N) is 1. The van der Waals surface area contributed by atoms with Gasteiger partial charge in [-0.25, -0.2) is 13.1 Å². The Morgan fingerprint density at radius 3 is 2.17 bits per heavy atom. The lowest BCUT2D eigenvalue weighted by Gasteiger charge is -2.37. The summed E-state index contributed by atoms with van der Waals surface area (Å²) in [6.07, 6.45) is 3.23. The average Bonchev–Trinajstić information content (AvgIpc) is 1.74. The molecule has 0 bridgehead atoms. The lowest BCUT2D eigenvalue weighted by molar-refractivity contribution is 0.187. The Balaban J connectivity index is 2.27. The number of rotatable bonds is 3. The van der Waals surface area contributed by atoms with Gasteiger partial charge in [0, 0.05) is 6.04 Å². The van der Waals surface area contributed by atoms with E-state index in [0.29, 0.717) is 11.8 Å². The first-order valence-electron chi connectivity index (χ1n) is 4.36. The van der Waals surface area contributed by atoms with E-state index in [9.17, 15) is 8.42 Å². The summed E-state index contributed by atoms with van der Waals surface area (Å²) in [4.78, 5) is 0. The number of sulfonamides is 1. The smallest absolute Gasteiger partial charge is 0.208 e. The standard InChI is InChI=1S/C8H17NO2S/c1-6(2)7-4-8(5-7)9-12(3,10)11/h6-9H,4-5H2,1-3H3/t7-,8-. The molecule has 1 rings (SSSR count). The molecule has 3 nitrogen and oxygen atoms in total. The molecule has 1 aliphatic rings. The van der Waals surface area contributed by atoms with Crippen LogP contribution in [0.2, 0.25) is 0 Å². The van der Waals surface area contributed by atoms with Crippen molar-refractivity contribution in [2.24, 2.45) is 11.8 Å². The van der Waals surface area contributed by atoms with Crippen molar-refractivity contribution < 1.29 is 8.42 Å². The van der Waals surface area contributed by atoms with E-state index >= 15 is 0 Å². The average molecular weight is 191 g/mol. The van der Waals surface area contributed by atoms with Gasteiger partial charge in [-0.2, -0.15) is 0 Å². The van der Waals surface area contributed by atoms with Crippen molar-refractivity contribution in [1.29, 1.82) is 0 Å². The van der Waals surface area contributed by atoms with Gasteiger partial charge in [0.1, 0.15) is 0 Å². The summed E-state index contributed by atoms with van der Waals surface area (Å²) in [5.74, 6) is 1.40. The highest BCUT2D eigenvalue weighted by atomic mass is 32.2. The van der Waals surface area contributed by atoms with Crippen LogP contribution in [-0.2, 0) is 10.0 Å². The van der Waals surface area contributed by atoms with Gasteiger partial charge in [-0.1, -0.05) is 13.8 Å². The Morgan fingerprint density at radius 1 is 1.33 bits per heavy atom. The largest absolute Gasteiger partial charge is 0.213 e. The topological polar surface area (TPSA) is 46.2 Å². The van der Waals surface area contributed by atoms with Gasteiger partial charge in [0.05, 0.1) is 6.26 Å². The summed E-state index contributed by atoms with van der Waals surface area (Å²) < 4.78 is 24.2. The normalized spacial score (nSPS) is 30.3. The second-order valence-corrected chi connectivity index (χ2v) is 5.84. The predicted molar refractivity (Wildman–Crippen MR) is 49.3 cm³/mol. The fourth-order valence-electron chi connectivity index (χ4n) is 1.61. The van der Waals surface area contributed by atoms with Crippen LogP contribution in [-0.4, -0.2) is 20.7 Å². The van der Waals surface area contributed by atoms with Crippen LogP contribution >= 0.6 is 0 Å². The molecular weight excluding hydrogens is 174 g/mol. The van der Waals surface area contributed by atoms with Gasteiger partial charge < -0.3 is 0 Å². The molecule has 0 amide bonds. The van der Waals surface area contributed by atoms with Gasteiger partial charge in [-0.15, -0.1) is 0 Å². The first-order chi connectivity index (χ1) is 5.38. The molecule has 0 unspecified atom stereocenters. The van der Waals surface area contributed by atoms with Gasteiger partial charge in [0.2, 0.25) is 10.0 Å². The Hall–Kier alpha value is -0.0900. The monoisotopic (exact) mass is 191 g/mol. The second-order valence-electron chi connectivity index (χ2n) is 4.06. The second kappa shape index (κ2) is 3.34. The third-order valence-corrected chi connectivity index (χ3v) is 3.26. The summed E-state index contributed by atoms with van der Waals surface area (Å²) in [7, 11) is -2.98. The van der Waals surface area contributed by atoms with Crippen LogP contribution in [0.15, 0.2) is 0 Å². The van der Waals surface area contributed by atoms with Crippen LogP contribution in [0.4, 0.5) is 0 Å². The van der Waals surface area contributed by atoms with E-state index in [4.69, 9.17) is 0 Å². The summed E-state index contributed by atoms with van der Waals surface area (Å²) >= 11 is 0. The Morgan fingerprint density at radius 2 is 1.83 bits per heavy atom. The maximum absolute atomic E-state index is 10.8. The molecule has 1 aliphatic carbocycles. The molecule has 0 aliphatic heterocycles. The van der Waals surface area contributed by atoms with E-state index < -0.39 is 10.0 Å². The predicted octanol–water partition coefficient (Wildman–Crippen LogP) is 0.970. The molecule has 1 N–H and O–H groups in total. The number of hydrogen-bond acceptors (Lipinski definition) is 2. The summed E-state index contributed by atoms with van der Waals surface area (Å²) in [5, 5.41) is 0. The highest BCUT2D eigenvalue weighted by Gasteiger charge is 2.32. The molecule has 4 heteroatoms. The van der Waals surface area contributed by atoms with Gasteiger partial charge >= 0.3 is 0 Å². The van der Waals surface area contributed by atoms with Crippen LogP contribution < -0.4 is 4.72 Å². The molecule has 0 atom stereocenters. The van der Waals surface area contributed by atoms with E-state index in [1.807, 2.05) is 0 Å². The van der Waals surface area contributed by atoms with E-state index in [-0.39, 0.29) is 6.04 Å². The minimum Gasteiger partial charge on any atom is -0.213 e. The molecule has 0 saturated heterocycles. The van der Waals surface area contributed by atoms with Gasteiger partial charge in [0.15, 0.2) is 0 Å². The van der Waals surface area contributed by atoms with E-state index in [1.54, 1.807) is 0 Å². The van der Waals surface area contributed by atoms with Crippen molar-refractivity contribution >= 4 is 10.0 Å². The fraction of sp³-hybridized carbons (Fsp3) is 1.00. The Kier molecular flexibility index (Phi) is 2.78. The zero-order chi connectivity index (χ0) is 9.35. The first-order valence-corrected chi connectivity index (χ1v) is 6.25. The molecule has 0 aromatic rings. The summed E-state index contributed by atoms with van der Waals surface area (Å²) in [6.45, 7) is 4.36. The fourth-order valence-corrected chi connectivity index (χ4v) is 2.40. The molecule has 12 heavy (non-hydrogen) atoms. The molecule has 0 spiro atoms. The van der Waals surface area contributed by atoms with Crippen LogP contribution in [0.1, 0.15) is 26.7 Å². The molecule has 0 aromatic heterocycles. The Labute approximate surface area is 74.6 Å². The number of hydrogen-bond donors (Lipinski definition) is 1. The minimum absolute atomic E-state index is 0.201. The van der Waals surface area contributed by atoms with Crippen molar-refractivity contribution in [1.82, 2.24) is 4.72 Å². The zero-order valence-electron chi connectivity index (χ0n) is 7.87. The van der Waals surface area contributed by atoms with Crippen LogP contribution in [0.5, 0.6) is 0 Å². The summed E-state index contributed by atoms with van der Waals surface area (Å²) in [5.41, 5.74) is 0.